The summed E-state index contributed by atoms with van der Waals surface area (Å²) < 4.78 is 5.58. The number of aromatic nitrogens is 1. The van der Waals surface area contributed by atoms with Gasteiger partial charge in [0.15, 0.2) is 11.4 Å². The first-order valence-corrected chi connectivity index (χ1v) is 11.8. The van der Waals surface area contributed by atoms with Crippen molar-refractivity contribution in [2.24, 2.45) is 5.92 Å². The van der Waals surface area contributed by atoms with E-state index in [1.165, 1.54) is 12.8 Å². The van der Waals surface area contributed by atoms with Crippen LogP contribution in [0.4, 0.5) is 0 Å². The lowest BCUT2D eigenvalue weighted by Crippen LogP contribution is -2.40. The molecule has 0 radical (unpaired) electrons. The van der Waals surface area contributed by atoms with Crippen LogP contribution in [0.1, 0.15) is 71.6 Å². The van der Waals surface area contributed by atoms with Gasteiger partial charge in [0.2, 0.25) is 5.91 Å². The third-order valence-electron chi connectivity index (χ3n) is 7.14. The van der Waals surface area contributed by atoms with Gasteiger partial charge in [0, 0.05) is 42.3 Å². The second-order valence-corrected chi connectivity index (χ2v) is 9.27. The highest BCUT2D eigenvalue weighted by atomic mass is 16.5. The summed E-state index contributed by atoms with van der Waals surface area (Å²) in [6.07, 6.45) is 6.43. The molecule has 0 spiro atoms. The van der Waals surface area contributed by atoms with Crippen molar-refractivity contribution in [1.82, 2.24) is 10.1 Å². The van der Waals surface area contributed by atoms with Gasteiger partial charge in [0.1, 0.15) is 0 Å². The molecule has 2 fully saturated rings. The number of piperidine rings is 1. The third-order valence-corrected chi connectivity index (χ3v) is 7.14. The van der Waals surface area contributed by atoms with E-state index in [0.29, 0.717) is 17.0 Å². The molecule has 3 aromatic rings. The van der Waals surface area contributed by atoms with Crippen LogP contribution in [-0.4, -0.2) is 34.8 Å². The zero-order chi connectivity index (χ0) is 22.8. The smallest absolute Gasteiger partial charge is 0.225 e. The summed E-state index contributed by atoms with van der Waals surface area (Å²) in [4.78, 5) is 27.6. The molecule has 2 aromatic carbocycles. The maximum absolute atomic E-state index is 12.8. The largest absolute Gasteiger partial charge is 0.356 e. The van der Waals surface area contributed by atoms with Crippen LogP contribution in [-0.2, 0) is 11.2 Å². The standard InChI is InChI=1S/C27H27N3O3/c28-17-19-4-3-7-22(14-19)24(31)16-18-8-9-25-23(15-18)26(29-33-25)20-10-12-30(13-11-20)27(32)21-5-1-2-6-21/h3-4,7-9,14-15,20-21H,1-2,5-6,10-13,16H2. The number of fused-ring (bicyclic) bond motifs is 1. The lowest BCUT2D eigenvalue weighted by atomic mass is 9.90. The van der Waals surface area contributed by atoms with Crippen molar-refractivity contribution in [1.29, 1.82) is 5.26 Å². The maximum Gasteiger partial charge on any atom is 0.225 e. The maximum atomic E-state index is 12.8. The molecule has 1 aromatic heterocycles. The van der Waals surface area contributed by atoms with E-state index in [4.69, 9.17) is 9.78 Å². The molecule has 6 heteroatoms. The van der Waals surface area contributed by atoms with Crippen molar-refractivity contribution in [2.45, 2.75) is 50.9 Å². The Morgan fingerprint density at radius 3 is 2.61 bits per heavy atom. The molecule has 1 saturated heterocycles. The minimum absolute atomic E-state index is 0.0248. The second kappa shape index (κ2) is 9.19. The molecule has 1 amide bonds. The molecule has 1 aliphatic heterocycles. The Bertz CT molecular complexity index is 1220. The van der Waals surface area contributed by atoms with E-state index < -0.39 is 0 Å². The van der Waals surface area contributed by atoms with E-state index in [9.17, 15) is 9.59 Å². The predicted octanol–water partition coefficient (Wildman–Crippen LogP) is 5.02. The second-order valence-electron chi connectivity index (χ2n) is 9.27. The van der Waals surface area contributed by atoms with Gasteiger partial charge < -0.3 is 9.42 Å². The van der Waals surface area contributed by atoms with E-state index in [2.05, 4.69) is 11.2 Å². The van der Waals surface area contributed by atoms with Gasteiger partial charge in [0.25, 0.3) is 0 Å². The number of nitrogens with zero attached hydrogens (tertiary/aromatic N) is 3. The molecule has 6 nitrogen and oxygen atoms in total. The average molecular weight is 442 g/mol. The first kappa shape index (κ1) is 21.4. The van der Waals surface area contributed by atoms with Crippen LogP contribution >= 0.6 is 0 Å². The molecule has 0 N–H and O–H groups in total. The molecule has 1 saturated carbocycles. The Kier molecular flexibility index (Phi) is 5.95. The number of amides is 1. The van der Waals surface area contributed by atoms with Crippen LogP contribution in [0.2, 0.25) is 0 Å². The number of carbonyl (C=O) groups is 2. The molecule has 2 heterocycles. The highest BCUT2D eigenvalue weighted by molar-refractivity contribution is 5.98. The van der Waals surface area contributed by atoms with Crippen LogP contribution in [0.5, 0.6) is 0 Å². The van der Waals surface area contributed by atoms with Gasteiger partial charge in [-0.25, -0.2) is 0 Å². The summed E-state index contributed by atoms with van der Waals surface area (Å²) in [6, 6.07) is 14.7. The van der Waals surface area contributed by atoms with Crippen molar-refractivity contribution in [3.63, 3.8) is 0 Å². The number of hydrogen-bond donors (Lipinski definition) is 0. The summed E-state index contributed by atoms with van der Waals surface area (Å²) in [5, 5.41) is 14.4. The predicted molar refractivity (Wildman–Crippen MR) is 124 cm³/mol. The molecule has 0 atom stereocenters. The molecule has 168 valence electrons. The van der Waals surface area contributed by atoms with Gasteiger partial charge in [-0.3, -0.25) is 9.59 Å². The van der Waals surface area contributed by atoms with Gasteiger partial charge >= 0.3 is 0 Å². The monoisotopic (exact) mass is 441 g/mol. The molecule has 33 heavy (non-hydrogen) atoms. The summed E-state index contributed by atoms with van der Waals surface area (Å²) in [6.45, 7) is 1.53. The van der Waals surface area contributed by atoms with Gasteiger partial charge in [-0.1, -0.05) is 36.2 Å². The number of nitriles is 1. The quantitative estimate of drug-likeness (QED) is 0.519. The molecule has 2 aliphatic rings. The Morgan fingerprint density at radius 1 is 1.06 bits per heavy atom. The Hall–Kier alpha value is -3.46. The summed E-state index contributed by atoms with van der Waals surface area (Å²) in [7, 11) is 0. The molecule has 0 bridgehead atoms. The summed E-state index contributed by atoms with van der Waals surface area (Å²) in [5.74, 6) is 0.779. The van der Waals surface area contributed by atoms with Gasteiger partial charge in [-0.05, 0) is 55.5 Å². The number of carbonyl (C=O) groups excluding carboxylic acids is 2. The average Bonchev–Trinajstić information content (AvgIpc) is 3.54. The Labute approximate surface area is 193 Å². The zero-order valence-corrected chi connectivity index (χ0v) is 18.6. The lowest BCUT2D eigenvalue weighted by Gasteiger charge is -2.33. The SMILES string of the molecule is N#Cc1cccc(C(=O)Cc2ccc3onc(C4CCN(C(=O)C5CCCC5)CC4)c3c2)c1. The Balaban J connectivity index is 1.29. The molecule has 5 rings (SSSR count). The lowest BCUT2D eigenvalue weighted by molar-refractivity contribution is -0.136. The fourth-order valence-electron chi connectivity index (χ4n) is 5.26. The topological polar surface area (TPSA) is 87.2 Å². The minimum atomic E-state index is -0.0248. The van der Waals surface area contributed by atoms with E-state index in [1.54, 1.807) is 24.3 Å². The van der Waals surface area contributed by atoms with Gasteiger partial charge in [-0.15, -0.1) is 0 Å². The fourth-order valence-corrected chi connectivity index (χ4v) is 5.26. The molecular formula is C27H27N3O3. The number of Topliss-reactive ketones (excluding diaryl/α,β-unsaturated/α-hetero) is 1. The van der Waals surface area contributed by atoms with Crippen LogP contribution in [0, 0.1) is 17.2 Å². The van der Waals surface area contributed by atoms with Crippen LogP contribution in [0.15, 0.2) is 47.0 Å². The number of benzene rings is 2. The number of rotatable bonds is 5. The summed E-state index contributed by atoms with van der Waals surface area (Å²) >= 11 is 0. The highest BCUT2D eigenvalue weighted by Crippen LogP contribution is 2.35. The summed E-state index contributed by atoms with van der Waals surface area (Å²) in [5.41, 5.74) is 3.57. The first-order chi connectivity index (χ1) is 16.1. The van der Waals surface area contributed by atoms with E-state index in [0.717, 1.165) is 61.0 Å². The molecular weight excluding hydrogens is 414 g/mol. The van der Waals surface area contributed by atoms with Crippen LogP contribution in [0.3, 0.4) is 0 Å². The van der Waals surface area contributed by atoms with Crippen LogP contribution in [0.25, 0.3) is 11.0 Å². The highest BCUT2D eigenvalue weighted by Gasteiger charge is 2.31. The number of ketones is 1. The van der Waals surface area contributed by atoms with Gasteiger partial charge in [-0.2, -0.15) is 5.26 Å². The van der Waals surface area contributed by atoms with Crippen molar-refractivity contribution in [3.8, 4) is 6.07 Å². The van der Waals surface area contributed by atoms with E-state index in [-0.39, 0.29) is 24.0 Å². The van der Waals surface area contributed by atoms with Crippen LogP contribution < -0.4 is 0 Å². The van der Waals surface area contributed by atoms with E-state index >= 15 is 0 Å². The van der Waals surface area contributed by atoms with E-state index in [1.807, 2.05) is 23.1 Å². The normalized spacial score (nSPS) is 17.4. The fraction of sp³-hybridized carbons (Fsp3) is 0.407. The third kappa shape index (κ3) is 4.41. The van der Waals surface area contributed by atoms with Crippen molar-refractivity contribution in [2.75, 3.05) is 13.1 Å². The molecule has 1 aliphatic carbocycles. The number of likely N-dealkylation sites (tertiary alicyclic amines) is 1. The van der Waals surface area contributed by atoms with Gasteiger partial charge in [0.05, 0.1) is 17.3 Å². The minimum Gasteiger partial charge on any atom is -0.356 e. The molecule has 0 unspecified atom stereocenters. The Morgan fingerprint density at radius 2 is 1.85 bits per heavy atom. The van der Waals surface area contributed by atoms with Crippen molar-refractivity contribution >= 4 is 22.7 Å². The zero-order valence-electron chi connectivity index (χ0n) is 18.6. The van der Waals surface area contributed by atoms with Crippen molar-refractivity contribution < 1.29 is 14.1 Å². The number of hydrogen-bond acceptors (Lipinski definition) is 5. The van der Waals surface area contributed by atoms with Crippen molar-refractivity contribution in [3.05, 3.63) is 64.8 Å². The first-order valence-electron chi connectivity index (χ1n) is 11.8.